The van der Waals surface area contributed by atoms with Crippen molar-refractivity contribution in [3.8, 4) is 0 Å². The molecule has 1 unspecified atom stereocenters. The van der Waals surface area contributed by atoms with Crippen molar-refractivity contribution in [3.63, 3.8) is 0 Å². The third kappa shape index (κ3) is 3.96. The van der Waals surface area contributed by atoms with E-state index in [0.29, 0.717) is 22.8 Å². The number of esters is 1. The molecule has 0 spiro atoms. The van der Waals surface area contributed by atoms with Gasteiger partial charge in [-0.1, -0.05) is 0 Å². The lowest BCUT2D eigenvalue weighted by Gasteiger charge is -2.07. The summed E-state index contributed by atoms with van der Waals surface area (Å²) in [4.78, 5) is 37.3. The molecule has 0 bridgehead atoms. The number of Topliss-reactive ketones (excluding diaryl/α,β-unsaturated/α-hetero) is 1. The monoisotopic (exact) mass is 419 g/mol. The lowest BCUT2D eigenvalue weighted by molar-refractivity contribution is -0.148. The van der Waals surface area contributed by atoms with Crippen molar-refractivity contribution in [2.75, 3.05) is 6.61 Å². The van der Waals surface area contributed by atoms with E-state index in [0.717, 1.165) is 18.2 Å². The number of halogens is 1. The molecule has 156 valence electrons. The van der Waals surface area contributed by atoms with Crippen LogP contribution in [-0.4, -0.2) is 34.2 Å². The lowest BCUT2D eigenvalue weighted by Crippen LogP contribution is -2.28. The van der Waals surface area contributed by atoms with Gasteiger partial charge in [-0.15, -0.1) is 0 Å². The summed E-state index contributed by atoms with van der Waals surface area (Å²) in [7, 11) is 0. The predicted octanol–water partition coefficient (Wildman–Crippen LogP) is 3.94. The molecule has 3 aromatic rings. The summed E-state index contributed by atoms with van der Waals surface area (Å²) in [5, 5.41) is 0.809. The minimum Gasteiger partial charge on any atom is -0.464 e. The van der Waals surface area contributed by atoms with Crippen LogP contribution in [0.4, 0.5) is 10.1 Å². The molecule has 2 fully saturated rings. The molecular formula is C23H18FN3O4. The Labute approximate surface area is 176 Å². The van der Waals surface area contributed by atoms with Crippen molar-refractivity contribution in [2.45, 2.75) is 12.8 Å². The Balaban J connectivity index is 1.49. The maximum atomic E-state index is 13.2. The zero-order valence-corrected chi connectivity index (χ0v) is 16.4. The van der Waals surface area contributed by atoms with E-state index < -0.39 is 23.5 Å². The minimum absolute atomic E-state index is 0.0148. The van der Waals surface area contributed by atoms with E-state index in [1.807, 2.05) is 6.07 Å². The number of hydrogen-bond donors (Lipinski definition) is 1. The Kier molecular flexibility index (Phi) is 4.82. The van der Waals surface area contributed by atoms with Crippen LogP contribution < -0.4 is 0 Å². The Morgan fingerprint density at radius 1 is 1.29 bits per heavy atom. The Morgan fingerprint density at radius 2 is 2.10 bits per heavy atom. The lowest BCUT2D eigenvalue weighted by atomic mass is 10.0. The number of rotatable bonds is 5. The first kappa shape index (κ1) is 19.2. The summed E-state index contributed by atoms with van der Waals surface area (Å²) in [6, 6.07) is 9.01. The van der Waals surface area contributed by atoms with Crippen LogP contribution >= 0.6 is 0 Å². The van der Waals surface area contributed by atoms with Crippen molar-refractivity contribution in [2.24, 2.45) is 16.8 Å². The van der Waals surface area contributed by atoms with Crippen LogP contribution in [0.5, 0.6) is 0 Å². The number of fused-ring (bicyclic) bond motifs is 1. The number of hydrogen-bond acceptors (Lipinski definition) is 6. The highest BCUT2D eigenvalue weighted by molar-refractivity contribution is 6.27. The number of pyridine rings is 1. The van der Waals surface area contributed by atoms with Gasteiger partial charge in [-0.3, -0.25) is 9.59 Å². The molecule has 1 atom stereocenters. The van der Waals surface area contributed by atoms with Crippen LogP contribution in [0.1, 0.15) is 18.4 Å². The van der Waals surface area contributed by atoms with E-state index in [4.69, 9.17) is 9.47 Å². The number of H-pyrrole nitrogens is 1. The average molecular weight is 419 g/mol. The van der Waals surface area contributed by atoms with Gasteiger partial charge in [0.2, 0.25) is 11.7 Å². The normalized spacial score (nSPS) is 21.1. The molecule has 1 saturated carbocycles. The number of allylic oxidation sites excluding steroid dienone is 1. The largest absolute Gasteiger partial charge is 0.464 e. The van der Waals surface area contributed by atoms with Crippen LogP contribution in [-0.2, 0) is 19.1 Å². The molecule has 1 aliphatic carbocycles. The van der Waals surface area contributed by atoms with Crippen molar-refractivity contribution < 1.29 is 23.5 Å². The van der Waals surface area contributed by atoms with Gasteiger partial charge in [-0.2, -0.15) is 0 Å². The van der Waals surface area contributed by atoms with Crippen molar-refractivity contribution in [1.82, 2.24) is 9.97 Å². The van der Waals surface area contributed by atoms with Crippen LogP contribution in [0.25, 0.3) is 17.1 Å². The minimum atomic E-state index is -1.29. The molecule has 7 nitrogen and oxygen atoms in total. The van der Waals surface area contributed by atoms with Gasteiger partial charge < -0.3 is 14.5 Å². The molecule has 1 N–H and O–H groups in total. The predicted molar refractivity (Wildman–Crippen MR) is 111 cm³/mol. The van der Waals surface area contributed by atoms with Gasteiger partial charge in [0.15, 0.2) is 11.7 Å². The molecule has 3 heterocycles. The Bertz CT molecular complexity index is 1230. The van der Waals surface area contributed by atoms with Gasteiger partial charge in [0.05, 0.1) is 12.3 Å². The fourth-order valence-corrected chi connectivity index (χ4v) is 3.32. The summed E-state index contributed by atoms with van der Waals surface area (Å²) >= 11 is 0. The number of aliphatic imine (C=N–C) groups is 1. The number of nitrogens with zero attached hydrogens (tertiary/aromatic N) is 2. The van der Waals surface area contributed by atoms with Crippen LogP contribution in [0, 0.1) is 17.7 Å². The summed E-state index contributed by atoms with van der Waals surface area (Å²) in [6.07, 6.45) is 6.94. The zero-order valence-electron chi connectivity index (χ0n) is 16.4. The maximum Gasteiger partial charge on any atom is 0.326 e. The maximum absolute atomic E-state index is 13.2. The molecule has 2 aromatic heterocycles. The van der Waals surface area contributed by atoms with Gasteiger partial charge in [0.25, 0.3) is 0 Å². The second-order valence-corrected chi connectivity index (χ2v) is 7.55. The summed E-state index contributed by atoms with van der Waals surface area (Å²) in [5.41, 5.74) is 1.72. The molecule has 1 aromatic carbocycles. The van der Waals surface area contributed by atoms with Gasteiger partial charge in [-0.25, -0.2) is 14.4 Å². The number of ketones is 1. The zero-order chi connectivity index (χ0) is 21.4. The van der Waals surface area contributed by atoms with E-state index >= 15 is 0 Å². The van der Waals surface area contributed by atoms with Crippen LogP contribution in [0.15, 0.2) is 59.5 Å². The van der Waals surface area contributed by atoms with E-state index in [-0.39, 0.29) is 18.3 Å². The Hall–Kier alpha value is -3.81. The second kappa shape index (κ2) is 7.79. The number of carbonyl (C=O) groups excluding carboxylic acids is 2. The quantitative estimate of drug-likeness (QED) is 0.384. The van der Waals surface area contributed by atoms with Crippen molar-refractivity contribution in [3.05, 3.63) is 65.9 Å². The average Bonchev–Trinajstić information content (AvgIpc) is 3.45. The highest BCUT2D eigenvalue weighted by Crippen LogP contribution is 2.32. The first-order valence-electron chi connectivity index (χ1n) is 9.95. The van der Waals surface area contributed by atoms with Crippen LogP contribution in [0.2, 0.25) is 0 Å². The van der Waals surface area contributed by atoms with E-state index in [1.165, 1.54) is 24.3 Å². The number of carbonyl (C=O) groups is 2. The van der Waals surface area contributed by atoms with Crippen LogP contribution in [0.3, 0.4) is 0 Å². The second-order valence-electron chi connectivity index (χ2n) is 7.55. The van der Waals surface area contributed by atoms with Gasteiger partial charge in [-0.05, 0) is 61.2 Å². The first-order valence-corrected chi connectivity index (χ1v) is 9.95. The van der Waals surface area contributed by atoms with Crippen molar-refractivity contribution in [1.29, 1.82) is 0 Å². The molecular weight excluding hydrogens is 401 g/mol. The summed E-state index contributed by atoms with van der Waals surface area (Å²) in [5.74, 6) is -2.67. The third-order valence-electron chi connectivity index (χ3n) is 5.20. The highest BCUT2D eigenvalue weighted by Gasteiger charge is 2.45. The number of aromatic amines is 1. The van der Waals surface area contributed by atoms with E-state index in [2.05, 4.69) is 15.0 Å². The van der Waals surface area contributed by atoms with E-state index in [1.54, 1.807) is 24.5 Å². The summed E-state index contributed by atoms with van der Waals surface area (Å²) < 4.78 is 24.3. The van der Waals surface area contributed by atoms with Gasteiger partial charge >= 0.3 is 5.97 Å². The standard InChI is InChI=1S/C23H18FN3O4/c24-15-5-7-16(8-6-15)27-22-19(23(29)30-12-13-3-4-13)20(28)18(31-22)10-14-11-26-21-17(14)2-1-9-25-21/h1-2,5-11,13,19H,3-4,12H2,(H,25,26)/b18-10-,27-22?. The Morgan fingerprint density at radius 3 is 2.87 bits per heavy atom. The number of nitrogens with one attached hydrogen (secondary N) is 1. The molecule has 1 saturated heterocycles. The SMILES string of the molecule is O=C(OCC1CC1)C1C(=O)/C(=C/c2c[nH]c3ncccc23)OC1=Nc1ccc(F)cc1. The first-order chi connectivity index (χ1) is 15.1. The number of benzene rings is 1. The summed E-state index contributed by atoms with van der Waals surface area (Å²) in [6.45, 7) is 0.277. The van der Waals surface area contributed by atoms with Gasteiger partial charge in [0, 0.05) is 23.3 Å². The fourth-order valence-electron chi connectivity index (χ4n) is 3.32. The van der Waals surface area contributed by atoms with E-state index in [9.17, 15) is 14.0 Å². The molecule has 1 aliphatic heterocycles. The van der Waals surface area contributed by atoms with Gasteiger partial charge in [0.1, 0.15) is 11.5 Å². The number of ether oxygens (including phenoxy) is 2. The number of aromatic nitrogens is 2. The topological polar surface area (TPSA) is 93.6 Å². The third-order valence-corrected chi connectivity index (χ3v) is 5.20. The molecule has 0 radical (unpaired) electrons. The molecule has 31 heavy (non-hydrogen) atoms. The highest BCUT2D eigenvalue weighted by atomic mass is 19.1. The fraction of sp³-hybridized carbons (Fsp3) is 0.217. The molecule has 8 heteroatoms. The van der Waals surface area contributed by atoms with Crippen molar-refractivity contribution >= 4 is 40.4 Å². The molecule has 0 amide bonds. The molecule has 5 rings (SSSR count). The molecule has 2 aliphatic rings. The smallest absolute Gasteiger partial charge is 0.326 e.